The number of aliphatic carboxylic acids is 1. The van der Waals surface area contributed by atoms with Crippen molar-refractivity contribution >= 4 is 17.9 Å². The number of carbonyl (C=O) groups is 3. The van der Waals surface area contributed by atoms with E-state index in [1.807, 2.05) is 0 Å². The number of nitrogens with one attached hydrogen (secondary N) is 3. The molecule has 0 aromatic carbocycles. The largest absolute Gasteiger partial charge is 0.480 e. The predicted molar refractivity (Wildman–Crippen MR) is 50.9 cm³/mol. The average molecular weight is 218 g/mol. The Kier molecular flexibility index (Phi) is 5.79. The second kappa shape index (κ2) is 6.60. The number of nitrogens with zero attached hydrogens (tertiary/aromatic N) is 1. The van der Waals surface area contributed by atoms with E-state index >= 15 is 0 Å². The molecule has 0 aromatic rings. The molecule has 0 spiro atoms. The molecule has 0 atom stereocenters. The van der Waals surface area contributed by atoms with Gasteiger partial charge in [-0.25, -0.2) is 9.80 Å². The molecular weight excluding hydrogens is 204 g/mol. The van der Waals surface area contributed by atoms with Gasteiger partial charge in [-0.3, -0.25) is 15.0 Å². The first-order valence-electron chi connectivity index (χ1n) is 4.12. The van der Waals surface area contributed by atoms with E-state index in [1.165, 1.54) is 5.01 Å². The number of amides is 3. The quantitative estimate of drug-likeness (QED) is 0.397. The van der Waals surface area contributed by atoms with E-state index in [0.717, 1.165) is 0 Å². The van der Waals surface area contributed by atoms with Crippen LogP contribution in [0.1, 0.15) is 0 Å². The van der Waals surface area contributed by atoms with Gasteiger partial charge in [0, 0.05) is 14.1 Å². The molecule has 0 heterocycles. The maximum Gasteiger partial charge on any atom is 0.329 e. The van der Waals surface area contributed by atoms with E-state index in [-0.39, 0.29) is 6.54 Å². The third kappa shape index (κ3) is 8.50. The summed E-state index contributed by atoms with van der Waals surface area (Å²) in [7, 11) is 3.23. The Morgan fingerprint density at radius 3 is 2.20 bits per heavy atom. The summed E-state index contributed by atoms with van der Waals surface area (Å²) >= 11 is 0. The first-order valence-corrected chi connectivity index (χ1v) is 4.12. The Morgan fingerprint density at radius 1 is 1.13 bits per heavy atom. The van der Waals surface area contributed by atoms with Crippen molar-refractivity contribution in [3.63, 3.8) is 0 Å². The molecule has 0 saturated carbocycles. The highest BCUT2D eigenvalue weighted by molar-refractivity contribution is 5.85. The molecule has 0 bridgehead atoms. The molecular formula is C7H14N4O4. The summed E-state index contributed by atoms with van der Waals surface area (Å²) in [4.78, 5) is 31.9. The first-order chi connectivity index (χ1) is 6.91. The van der Waals surface area contributed by atoms with Crippen LogP contribution in [-0.2, 0) is 9.59 Å². The van der Waals surface area contributed by atoms with Crippen molar-refractivity contribution in [3.8, 4) is 0 Å². The monoisotopic (exact) mass is 218 g/mol. The normalized spacial score (nSPS) is 9.53. The smallest absolute Gasteiger partial charge is 0.329 e. The number of hydrogen-bond donors (Lipinski definition) is 4. The Hall–Kier alpha value is -1.83. The minimum Gasteiger partial charge on any atom is -0.480 e. The van der Waals surface area contributed by atoms with Crippen molar-refractivity contribution in [2.45, 2.75) is 0 Å². The molecule has 0 rings (SSSR count). The van der Waals surface area contributed by atoms with Crippen LogP contribution in [0.2, 0.25) is 0 Å². The molecule has 8 heteroatoms. The molecule has 15 heavy (non-hydrogen) atoms. The second-order valence-corrected chi connectivity index (χ2v) is 2.86. The van der Waals surface area contributed by atoms with Gasteiger partial charge in [-0.15, -0.1) is 0 Å². The van der Waals surface area contributed by atoms with E-state index in [0.29, 0.717) is 0 Å². The van der Waals surface area contributed by atoms with Gasteiger partial charge in [-0.05, 0) is 0 Å². The van der Waals surface area contributed by atoms with Crippen LogP contribution < -0.4 is 16.1 Å². The number of carboxylic acid groups (broad SMARTS) is 1. The molecule has 0 aromatic heterocycles. The molecule has 3 amide bonds. The van der Waals surface area contributed by atoms with E-state index in [4.69, 9.17) is 5.11 Å². The number of hydrogen-bond acceptors (Lipinski definition) is 4. The molecule has 0 aliphatic carbocycles. The molecule has 0 aliphatic heterocycles. The third-order valence-corrected chi connectivity index (χ3v) is 1.17. The molecule has 0 unspecified atom stereocenters. The molecule has 0 saturated heterocycles. The number of carboxylic acids is 1. The number of urea groups is 1. The lowest BCUT2D eigenvalue weighted by Crippen LogP contribution is -2.47. The van der Waals surface area contributed by atoms with Crippen LogP contribution in [-0.4, -0.2) is 55.2 Å². The van der Waals surface area contributed by atoms with Crippen LogP contribution in [0, 0.1) is 0 Å². The van der Waals surface area contributed by atoms with Gasteiger partial charge in [0.25, 0.3) is 0 Å². The molecule has 0 aliphatic rings. The minimum atomic E-state index is -1.14. The summed E-state index contributed by atoms with van der Waals surface area (Å²) in [6, 6.07) is -0.537. The third-order valence-electron chi connectivity index (χ3n) is 1.17. The predicted octanol–water partition coefficient (Wildman–Crippen LogP) is -2.04. The van der Waals surface area contributed by atoms with E-state index < -0.39 is 24.5 Å². The van der Waals surface area contributed by atoms with Gasteiger partial charge < -0.3 is 15.7 Å². The Morgan fingerprint density at radius 2 is 1.73 bits per heavy atom. The van der Waals surface area contributed by atoms with Crippen LogP contribution in [0.4, 0.5) is 4.79 Å². The lowest BCUT2D eigenvalue weighted by atomic mass is 10.5. The standard InChI is InChI=1S/C7H14N4O4/c1-11(2)10-7(15)9-3-5(12)8-4-6(13)14/h3-4H2,1-2H3,(H,8,12)(H,13,14)(H2,9,10,15). The highest BCUT2D eigenvalue weighted by atomic mass is 16.4. The van der Waals surface area contributed by atoms with Gasteiger partial charge >= 0.3 is 12.0 Å². The molecule has 0 fully saturated rings. The van der Waals surface area contributed by atoms with Crippen LogP contribution in [0.15, 0.2) is 0 Å². The minimum absolute atomic E-state index is 0.271. The van der Waals surface area contributed by atoms with Gasteiger partial charge in [-0.2, -0.15) is 0 Å². The van der Waals surface area contributed by atoms with Crippen LogP contribution in [0.5, 0.6) is 0 Å². The Labute approximate surface area is 86.6 Å². The summed E-state index contributed by atoms with van der Waals surface area (Å²) in [5, 5.41) is 14.0. The first kappa shape index (κ1) is 13.2. The van der Waals surface area contributed by atoms with Gasteiger partial charge in [0.15, 0.2) is 0 Å². The fourth-order valence-electron chi connectivity index (χ4n) is 0.640. The molecule has 4 N–H and O–H groups in total. The SMILES string of the molecule is CN(C)NC(=O)NCC(=O)NCC(=O)O. The summed E-state index contributed by atoms with van der Waals surface area (Å²) in [6.45, 7) is -0.733. The van der Waals surface area contributed by atoms with Crippen molar-refractivity contribution < 1.29 is 19.5 Å². The zero-order chi connectivity index (χ0) is 11.8. The fourth-order valence-corrected chi connectivity index (χ4v) is 0.640. The summed E-state index contributed by atoms with van der Waals surface area (Å²) < 4.78 is 0. The Balaban J connectivity index is 3.62. The number of rotatable bonds is 5. The topological polar surface area (TPSA) is 111 Å². The van der Waals surface area contributed by atoms with Gasteiger partial charge in [-0.1, -0.05) is 0 Å². The highest BCUT2D eigenvalue weighted by Gasteiger charge is 2.06. The van der Waals surface area contributed by atoms with Crippen LogP contribution >= 0.6 is 0 Å². The number of hydrazine groups is 1. The lowest BCUT2D eigenvalue weighted by molar-refractivity contribution is -0.137. The van der Waals surface area contributed by atoms with Crippen LogP contribution in [0.25, 0.3) is 0 Å². The highest BCUT2D eigenvalue weighted by Crippen LogP contribution is 1.69. The van der Waals surface area contributed by atoms with Gasteiger partial charge in [0.2, 0.25) is 5.91 Å². The van der Waals surface area contributed by atoms with E-state index in [2.05, 4.69) is 16.1 Å². The van der Waals surface area contributed by atoms with Gasteiger partial charge in [0.1, 0.15) is 6.54 Å². The van der Waals surface area contributed by atoms with Crippen molar-refractivity contribution in [2.75, 3.05) is 27.2 Å². The van der Waals surface area contributed by atoms with Crippen LogP contribution in [0.3, 0.4) is 0 Å². The number of carbonyl (C=O) groups excluding carboxylic acids is 2. The molecule has 8 nitrogen and oxygen atoms in total. The maximum absolute atomic E-state index is 10.9. The fraction of sp³-hybridized carbons (Fsp3) is 0.571. The maximum atomic E-state index is 10.9. The summed E-state index contributed by atoms with van der Waals surface area (Å²) in [6.07, 6.45) is 0. The molecule has 86 valence electrons. The zero-order valence-corrected chi connectivity index (χ0v) is 8.53. The lowest BCUT2D eigenvalue weighted by Gasteiger charge is -2.12. The van der Waals surface area contributed by atoms with E-state index in [1.54, 1.807) is 14.1 Å². The van der Waals surface area contributed by atoms with Gasteiger partial charge in [0.05, 0.1) is 6.54 Å². The summed E-state index contributed by atoms with van der Waals surface area (Å²) in [5.41, 5.74) is 2.35. The van der Waals surface area contributed by atoms with Crippen molar-refractivity contribution in [1.29, 1.82) is 0 Å². The second-order valence-electron chi connectivity index (χ2n) is 2.86. The van der Waals surface area contributed by atoms with Crippen molar-refractivity contribution in [2.24, 2.45) is 0 Å². The zero-order valence-electron chi connectivity index (χ0n) is 8.53. The van der Waals surface area contributed by atoms with E-state index in [9.17, 15) is 14.4 Å². The van der Waals surface area contributed by atoms with Crippen molar-refractivity contribution in [1.82, 2.24) is 21.1 Å². The Bertz CT molecular complexity index is 253. The molecule has 0 radical (unpaired) electrons. The summed E-state index contributed by atoms with van der Waals surface area (Å²) in [5.74, 6) is -1.70. The van der Waals surface area contributed by atoms with Crippen molar-refractivity contribution in [3.05, 3.63) is 0 Å². The average Bonchev–Trinajstić information content (AvgIpc) is 2.10.